The van der Waals surface area contributed by atoms with Gasteiger partial charge in [0.15, 0.2) is 5.65 Å². The number of amides is 1. The summed E-state index contributed by atoms with van der Waals surface area (Å²) in [6.07, 6.45) is 3.18. The Morgan fingerprint density at radius 3 is 2.71 bits per heavy atom. The molecule has 0 unspecified atom stereocenters. The lowest BCUT2D eigenvalue weighted by molar-refractivity contribution is -0.123. The van der Waals surface area contributed by atoms with Crippen LogP contribution in [0.2, 0.25) is 0 Å². The first kappa shape index (κ1) is 16.0. The minimum Gasteiger partial charge on any atom is -0.467 e. The number of pyridine rings is 1. The van der Waals surface area contributed by atoms with Crippen molar-refractivity contribution < 1.29 is 9.21 Å². The minimum atomic E-state index is -0.356. The van der Waals surface area contributed by atoms with Crippen LogP contribution in [-0.4, -0.2) is 25.6 Å². The second kappa shape index (κ2) is 5.99. The van der Waals surface area contributed by atoms with Gasteiger partial charge in [0.1, 0.15) is 12.3 Å². The van der Waals surface area contributed by atoms with Crippen LogP contribution in [0.5, 0.6) is 0 Å². The second-order valence-corrected chi connectivity index (χ2v) is 6.68. The van der Waals surface area contributed by atoms with E-state index in [-0.39, 0.29) is 30.2 Å². The van der Waals surface area contributed by atoms with Crippen molar-refractivity contribution in [3.8, 4) is 0 Å². The molecule has 0 aliphatic rings. The first-order chi connectivity index (χ1) is 11.3. The van der Waals surface area contributed by atoms with Crippen LogP contribution < -0.4 is 11.0 Å². The molecule has 3 aromatic rings. The highest BCUT2D eigenvalue weighted by atomic mass is 16.3. The number of furan rings is 1. The molecule has 0 radical (unpaired) electrons. The monoisotopic (exact) mass is 328 g/mol. The van der Waals surface area contributed by atoms with Crippen molar-refractivity contribution in [3.05, 3.63) is 53.0 Å². The molecule has 0 aromatic carbocycles. The molecule has 126 valence electrons. The summed E-state index contributed by atoms with van der Waals surface area (Å²) in [5.41, 5.74) is 0.510. The minimum absolute atomic E-state index is 0.0521. The van der Waals surface area contributed by atoms with E-state index in [1.807, 2.05) is 20.8 Å². The first-order valence-electron chi connectivity index (χ1n) is 7.72. The van der Waals surface area contributed by atoms with Gasteiger partial charge in [0, 0.05) is 11.7 Å². The summed E-state index contributed by atoms with van der Waals surface area (Å²) in [6, 6.07) is 7.10. The lowest BCUT2D eigenvalue weighted by atomic mass is 10.1. The number of carbonyl (C=O) groups excluding carboxylic acids is 1. The smallest absolute Gasteiger partial charge is 0.331 e. The third-order valence-corrected chi connectivity index (χ3v) is 3.48. The molecular weight excluding hydrogens is 308 g/mol. The number of fused-ring (bicyclic) bond motifs is 1. The molecule has 3 heterocycles. The second-order valence-electron chi connectivity index (χ2n) is 6.68. The Kier molecular flexibility index (Phi) is 4.01. The van der Waals surface area contributed by atoms with Gasteiger partial charge in [-0.25, -0.2) is 9.78 Å². The van der Waals surface area contributed by atoms with E-state index >= 15 is 0 Å². The first-order valence-corrected chi connectivity index (χ1v) is 7.72. The summed E-state index contributed by atoms with van der Waals surface area (Å²) in [5.74, 6) is 0.437. The summed E-state index contributed by atoms with van der Waals surface area (Å²) in [6.45, 7) is 5.91. The molecule has 0 atom stereocenters. The lowest BCUT2D eigenvalue weighted by Crippen LogP contribution is -2.43. The van der Waals surface area contributed by atoms with Crippen LogP contribution in [0.15, 0.2) is 45.9 Å². The van der Waals surface area contributed by atoms with Crippen molar-refractivity contribution in [2.24, 2.45) is 0 Å². The third kappa shape index (κ3) is 3.24. The van der Waals surface area contributed by atoms with Crippen LogP contribution in [0.1, 0.15) is 26.5 Å². The van der Waals surface area contributed by atoms with Gasteiger partial charge in [-0.2, -0.15) is 0 Å². The predicted molar refractivity (Wildman–Crippen MR) is 89.7 cm³/mol. The number of hydrogen-bond donors (Lipinski definition) is 1. The van der Waals surface area contributed by atoms with Gasteiger partial charge in [0.2, 0.25) is 5.91 Å². The van der Waals surface area contributed by atoms with Gasteiger partial charge in [0.05, 0.1) is 18.3 Å². The van der Waals surface area contributed by atoms with Crippen molar-refractivity contribution in [2.75, 3.05) is 0 Å². The molecular formula is C17H20N4O3. The Morgan fingerprint density at radius 1 is 1.25 bits per heavy atom. The summed E-state index contributed by atoms with van der Waals surface area (Å²) >= 11 is 0. The molecule has 0 spiro atoms. The van der Waals surface area contributed by atoms with Crippen molar-refractivity contribution in [2.45, 2.75) is 39.4 Å². The molecule has 24 heavy (non-hydrogen) atoms. The van der Waals surface area contributed by atoms with E-state index in [1.165, 1.54) is 9.13 Å². The van der Waals surface area contributed by atoms with Crippen LogP contribution in [0.25, 0.3) is 11.2 Å². The van der Waals surface area contributed by atoms with Crippen LogP contribution in [0.4, 0.5) is 0 Å². The maximum atomic E-state index is 12.8. The van der Waals surface area contributed by atoms with Crippen LogP contribution >= 0.6 is 0 Å². The van der Waals surface area contributed by atoms with Gasteiger partial charge in [-0.1, -0.05) is 0 Å². The van der Waals surface area contributed by atoms with Gasteiger partial charge >= 0.3 is 5.69 Å². The number of carbonyl (C=O) groups is 1. The fourth-order valence-corrected chi connectivity index (χ4v) is 2.60. The van der Waals surface area contributed by atoms with Crippen LogP contribution in [0.3, 0.4) is 0 Å². The average Bonchev–Trinajstić information content (AvgIpc) is 3.09. The molecule has 7 nitrogen and oxygen atoms in total. The number of nitrogens with one attached hydrogen (secondary N) is 1. The Morgan fingerprint density at radius 2 is 2.04 bits per heavy atom. The number of hydrogen-bond acceptors (Lipinski definition) is 4. The van der Waals surface area contributed by atoms with Gasteiger partial charge in [0.25, 0.3) is 0 Å². The van der Waals surface area contributed by atoms with Crippen molar-refractivity contribution in [3.63, 3.8) is 0 Å². The largest absolute Gasteiger partial charge is 0.467 e. The number of imidazole rings is 1. The molecule has 0 aliphatic carbocycles. The summed E-state index contributed by atoms with van der Waals surface area (Å²) in [4.78, 5) is 29.3. The van der Waals surface area contributed by atoms with Crippen molar-refractivity contribution in [1.29, 1.82) is 0 Å². The molecule has 0 saturated heterocycles. The molecule has 0 saturated carbocycles. The zero-order valence-corrected chi connectivity index (χ0v) is 13.9. The van der Waals surface area contributed by atoms with Crippen molar-refractivity contribution in [1.82, 2.24) is 19.4 Å². The quantitative estimate of drug-likeness (QED) is 0.791. The summed E-state index contributed by atoms with van der Waals surface area (Å²) in [5, 5.41) is 2.87. The maximum absolute atomic E-state index is 12.8. The Hall–Kier alpha value is -2.83. The maximum Gasteiger partial charge on any atom is 0.331 e. The molecule has 3 aromatic heterocycles. The van der Waals surface area contributed by atoms with E-state index in [0.717, 1.165) is 0 Å². The average molecular weight is 328 g/mol. The summed E-state index contributed by atoms with van der Waals surface area (Å²) in [7, 11) is 0. The molecule has 1 amide bonds. The fourth-order valence-electron chi connectivity index (χ4n) is 2.60. The highest BCUT2D eigenvalue weighted by molar-refractivity contribution is 5.79. The van der Waals surface area contributed by atoms with Gasteiger partial charge in [-0.3, -0.25) is 13.9 Å². The Balaban J connectivity index is 2.01. The molecule has 0 bridgehead atoms. The topological polar surface area (TPSA) is 82.1 Å². The third-order valence-electron chi connectivity index (χ3n) is 3.48. The zero-order valence-electron chi connectivity index (χ0n) is 13.9. The van der Waals surface area contributed by atoms with E-state index < -0.39 is 0 Å². The standard InChI is InChI=1S/C17H20N4O3/c1-17(2,3)19-14(22)11-20-13-7-4-8-18-15(13)21(16(20)23)10-12-6-5-9-24-12/h4-9H,10-11H2,1-3H3,(H,19,22). The van der Waals surface area contributed by atoms with Gasteiger partial charge in [-0.15, -0.1) is 0 Å². The van der Waals surface area contributed by atoms with Gasteiger partial charge < -0.3 is 9.73 Å². The molecule has 1 N–H and O–H groups in total. The number of rotatable bonds is 4. The molecule has 0 fully saturated rings. The predicted octanol–water partition coefficient (Wildman–Crippen LogP) is 1.75. The lowest BCUT2D eigenvalue weighted by Gasteiger charge is -2.20. The Labute approximate surface area is 138 Å². The molecule has 0 aliphatic heterocycles. The number of aromatic nitrogens is 3. The SMILES string of the molecule is CC(C)(C)NC(=O)Cn1c(=O)n(Cc2ccco2)c2ncccc21. The van der Waals surface area contributed by atoms with E-state index in [4.69, 9.17) is 4.42 Å². The molecule has 7 heteroatoms. The normalized spacial score (nSPS) is 11.8. The van der Waals surface area contributed by atoms with Crippen LogP contribution in [-0.2, 0) is 17.9 Å². The highest BCUT2D eigenvalue weighted by Crippen LogP contribution is 2.12. The highest BCUT2D eigenvalue weighted by Gasteiger charge is 2.19. The summed E-state index contributed by atoms with van der Waals surface area (Å²) < 4.78 is 8.27. The fraction of sp³-hybridized carbons (Fsp3) is 0.353. The molecule has 3 rings (SSSR count). The Bertz CT molecular complexity index is 914. The number of nitrogens with zero attached hydrogens (tertiary/aromatic N) is 3. The zero-order chi connectivity index (χ0) is 17.3. The van der Waals surface area contributed by atoms with E-state index in [2.05, 4.69) is 10.3 Å². The van der Waals surface area contributed by atoms with Crippen molar-refractivity contribution >= 4 is 17.1 Å². The van der Waals surface area contributed by atoms with Crippen LogP contribution in [0, 0.1) is 0 Å². The van der Waals surface area contributed by atoms with Gasteiger partial charge in [-0.05, 0) is 45.0 Å². The van der Waals surface area contributed by atoms with E-state index in [0.29, 0.717) is 16.9 Å². The van der Waals surface area contributed by atoms with E-state index in [1.54, 1.807) is 36.7 Å². The van der Waals surface area contributed by atoms with E-state index in [9.17, 15) is 9.59 Å².